The van der Waals surface area contributed by atoms with Gasteiger partial charge in [-0.05, 0) is 49.6 Å². The summed E-state index contributed by atoms with van der Waals surface area (Å²) in [5.41, 5.74) is 2.19. The molecule has 152 valence electrons. The summed E-state index contributed by atoms with van der Waals surface area (Å²) in [6.45, 7) is 3.53. The molecular formula is C23H27ClN4O. The number of halogens is 1. The van der Waals surface area contributed by atoms with Gasteiger partial charge in [0, 0.05) is 67.5 Å². The van der Waals surface area contributed by atoms with Gasteiger partial charge in [-0.1, -0.05) is 17.7 Å². The van der Waals surface area contributed by atoms with E-state index >= 15 is 0 Å². The number of hydrogen-bond acceptors (Lipinski definition) is 4. The summed E-state index contributed by atoms with van der Waals surface area (Å²) < 4.78 is 8.23. The monoisotopic (exact) mass is 410 g/mol. The standard InChI is InChI=1S/C23H27ClN4O/c1-27-11-9-26-23(27)12-18-5-3-10-28(15-18)16-20-13-21(24)6-7-22(20)29-17-19-4-2-8-25-14-19/h2,4,6-9,11,13-14,18H,3,5,10,12,15-17H2,1H3. The van der Waals surface area contributed by atoms with Gasteiger partial charge in [-0.25, -0.2) is 4.98 Å². The van der Waals surface area contributed by atoms with Gasteiger partial charge in [-0.3, -0.25) is 9.88 Å². The average Bonchev–Trinajstić information content (AvgIpc) is 3.13. The molecule has 0 saturated carbocycles. The van der Waals surface area contributed by atoms with Gasteiger partial charge < -0.3 is 9.30 Å². The molecule has 1 aliphatic heterocycles. The largest absolute Gasteiger partial charge is 0.489 e. The Kier molecular flexibility index (Phi) is 6.47. The van der Waals surface area contributed by atoms with Crippen LogP contribution in [-0.2, 0) is 26.6 Å². The topological polar surface area (TPSA) is 43.2 Å². The highest BCUT2D eigenvalue weighted by atomic mass is 35.5. The van der Waals surface area contributed by atoms with Crippen molar-refractivity contribution in [3.8, 4) is 5.75 Å². The molecule has 0 amide bonds. The van der Waals surface area contributed by atoms with Gasteiger partial charge in [0.1, 0.15) is 18.2 Å². The number of hydrogen-bond donors (Lipinski definition) is 0. The molecule has 5 nitrogen and oxygen atoms in total. The second-order valence-corrected chi connectivity index (χ2v) is 8.24. The molecule has 29 heavy (non-hydrogen) atoms. The Hall–Kier alpha value is -2.37. The van der Waals surface area contributed by atoms with E-state index in [9.17, 15) is 0 Å². The molecule has 1 aromatic carbocycles. The predicted octanol–water partition coefficient (Wildman–Crippen LogP) is 4.50. The van der Waals surface area contributed by atoms with Crippen LogP contribution in [0.5, 0.6) is 5.75 Å². The van der Waals surface area contributed by atoms with Crippen LogP contribution in [0.25, 0.3) is 0 Å². The van der Waals surface area contributed by atoms with Crippen LogP contribution in [0.15, 0.2) is 55.1 Å². The first-order valence-electron chi connectivity index (χ1n) is 10.2. The second-order valence-electron chi connectivity index (χ2n) is 7.80. The third-order valence-corrected chi connectivity index (χ3v) is 5.76. The molecule has 0 N–H and O–H groups in total. The number of benzene rings is 1. The lowest BCUT2D eigenvalue weighted by atomic mass is 9.94. The molecule has 1 fully saturated rings. The molecule has 3 aromatic rings. The maximum Gasteiger partial charge on any atom is 0.124 e. The first kappa shape index (κ1) is 19.9. The normalized spacial score (nSPS) is 17.4. The number of rotatable bonds is 7. The maximum absolute atomic E-state index is 6.30. The summed E-state index contributed by atoms with van der Waals surface area (Å²) >= 11 is 6.30. The fourth-order valence-electron chi connectivity index (χ4n) is 4.01. The van der Waals surface area contributed by atoms with Crippen molar-refractivity contribution in [1.29, 1.82) is 0 Å². The lowest BCUT2D eigenvalue weighted by molar-refractivity contribution is 0.163. The minimum absolute atomic E-state index is 0.504. The molecule has 1 unspecified atom stereocenters. The van der Waals surface area contributed by atoms with Crippen LogP contribution in [0.2, 0.25) is 5.02 Å². The van der Waals surface area contributed by atoms with Gasteiger partial charge in [-0.15, -0.1) is 0 Å². The van der Waals surface area contributed by atoms with Gasteiger partial charge in [-0.2, -0.15) is 0 Å². The number of pyridine rings is 1. The van der Waals surface area contributed by atoms with E-state index in [1.807, 2.05) is 48.9 Å². The summed E-state index contributed by atoms with van der Waals surface area (Å²) in [6, 6.07) is 9.85. The van der Waals surface area contributed by atoms with Gasteiger partial charge in [0.15, 0.2) is 0 Å². The minimum atomic E-state index is 0.504. The predicted molar refractivity (Wildman–Crippen MR) is 115 cm³/mol. The summed E-state index contributed by atoms with van der Waals surface area (Å²) in [5, 5.41) is 0.746. The number of nitrogens with zero attached hydrogens (tertiary/aromatic N) is 4. The third kappa shape index (κ3) is 5.37. The van der Waals surface area contributed by atoms with Crippen molar-refractivity contribution in [1.82, 2.24) is 19.4 Å². The first-order valence-corrected chi connectivity index (χ1v) is 10.5. The Morgan fingerprint density at radius 2 is 2.17 bits per heavy atom. The van der Waals surface area contributed by atoms with Crippen molar-refractivity contribution in [3.05, 3.63) is 77.1 Å². The number of piperidine rings is 1. The van der Waals surface area contributed by atoms with Crippen LogP contribution in [0, 0.1) is 5.92 Å². The zero-order valence-electron chi connectivity index (χ0n) is 16.8. The molecular weight excluding hydrogens is 384 g/mol. The summed E-state index contributed by atoms with van der Waals surface area (Å²) in [6.07, 6.45) is 11.0. The molecule has 0 aliphatic carbocycles. The summed E-state index contributed by atoms with van der Waals surface area (Å²) in [7, 11) is 2.07. The Labute approximate surface area is 177 Å². The Bertz CT molecular complexity index is 928. The van der Waals surface area contributed by atoms with Crippen LogP contribution < -0.4 is 4.74 Å². The molecule has 4 rings (SSSR count). The van der Waals surface area contributed by atoms with Crippen molar-refractivity contribution in [2.45, 2.75) is 32.4 Å². The van der Waals surface area contributed by atoms with Crippen LogP contribution >= 0.6 is 11.6 Å². The van der Waals surface area contributed by atoms with E-state index in [2.05, 4.69) is 26.5 Å². The minimum Gasteiger partial charge on any atom is -0.489 e. The smallest absolute Gasteiger partial charge is 0.124 e. The summed E-state index contributed by atoms with van der Waals surface area (Å²) in [4.78, 5) is 11.2. The van der Waals surface area contributed by atoms with Gasteiger partial charge in [0.05, 0.1) is 0 Å². The van der Waals surface area contributed by atoms with E-state index < -0.39 is 0 Å². The van der Waals surface area contributed by atoms with E-state index in [1.54, 1.807) is 6.20 Å². The average molecular weight is 411 g/mol. The molecule has 0 radical (unpaired) electrons. The Morgan fingerprint density at radius 1 is 1.24 bits per heavy atom. The SMILES string of the molecule is Cn1ccnc1CC1CCCN(Cc2cc(Cl)ccc2OCc2cccnc2)C1. The molecule has 2 aromatic heterocycles. The molecule has 6 heteroatoms. The number of ether oxygens (including phenoxy) is 1. The third-order valence-electron chi connectivity index (χ3n) is 5.53. The number of aromatic nitrogens is 3. The Morgan fingerprint density at radius 3 is 2.97 bits per heavy atom. The van der Waals surface area contributed by atoms with Gasteiger partial charge in [0.25, 0.3) is 0 Å². The van der Waals surface area contributed by atoms with Crippen molar-refractivity contribution in [2.75, 3.05) is 13.1 Å². The van der Waals surface area contributed by atoms with Gasteiger partial charge >= 0.3 is 0 Å². The van der Waals surface area contributed by atoms with E-state index in [1.165, 1.54) is 18.7 Å². The van der Waals surface area contributed by atoms with E-state index in [4.69, 9.17) is 16.3 Å². The highest BCUT2D eigenvalue weighted by Gasteiger charge is 2.22. The Balaban J connectivity index is 1.41. The lowest BCUT2D eigenvalue weighted by Gasteiger charge is -2.33. The molecule has 1 aliphatic rings. The van der Waals surface area contributed by atoms with Crippen LogP contribution in [-0.4, -0.2) is 32.5 Å². The number of aryl methyl sites for hydroxylation is 1. The van der Waals surface area contributed by atoms with Crippen molar-refractivity contribution < 1.29 is 4.74 Å². The van der Waals surface area contributed by atoms with Gasteiger partial charge in [0.2, 0.25) is 0 Å². The highest BCUT2D eigenvalue weighted by molar-refractivity contribution is 6.30. The fraction of sp³-hybridized carbons (Fsp3) is 0.391. The van der Waals surface area contributed by atoms with Crippen molar-refractivity contribution in [3.63, 3.8) is 0 Å². The maximum atomic E-state index is 6.30. The van der Waals surface area contributed by atoms with E-state index in [0.717, 1.165) is 48.0 Å². The van der Waals surface area contributed by atoms with Crippen LogP contribution in [0.1, 0.15) is 29.8 Å². The fourth-order valence-corrected chi connectivity index (χ4v) is 4.21. The second kappa shape index (κ2) is 9.42. The zero-order chi connectivity index (χ0) is 20.1. The van der Waals surface area contributed by atoms with Crippen molar-refractivity contribution in [2.24, 2.45) is 13.0 Å². The van der Waals surface area contributed by atoms with E-state index in [-0.39, 0.29) is 0 Å². The zero-order valence-corrected chi connectivity index (χ0v) is 17.6. The highest BCUT2D eigenvalue weighted by Crippen LogP contribution is 2.28. The molecule has 0 bridgehead atoms. The summed E-state index contributed by atoms with van der Waals surface area (Å²) in [5.74, 6) is 2.69. The first-order chi connectivity index (χ1) is 14.2. The quantitative estimate of drug-likeness (QED) is 0.575. The van der Waals surface area contributed by atoms with E-state index in [0.29, 0.717) is 12.5 Å². The molecule has 1 atom stereocenters. The molecule has 1 saturated heterocycles. The van der Waals surface area contributed by atoms with Crippen LogP contribution in [0.4, 0.5) is 0 Å². The van der Waals surface area contributed by atoms with Crippen LogP contribution in [0.3, 0.4) is 0 Å². The molecule has 3 heterocycles. The number of likely N-dealkylation sites (tertiary alicyclic amines) is 1. The lowest BCUT2D eigenvalue weighted by Crippen LogP contribution is -2.36. The molecule has 0 spiro atoms. The number of imidazole rings is 1. The van der Waals surface area contributed by atoms with Crippen molar-refractivity contribution >= 4 is 11.6 Å².